The van der Waals surface area contributed by atoms with Gasteiger partial charge in [0.1, 0.15) is 5.75 Å². The predicted octanol–water partition coefficient (Wildman–Crippen LogP) is 1.99. The van der Waals surface area contributed by atoms with Gasteiger partial charge in [-0.3, -0.25) is 0 Å². The number of phenols is 1. The van der Waals surface area contributed by atoms with Crippen molar-refractivity contribution < 1.29 is 5.11 Å². The molecule has 0 aliphatic rings. The Kier molecular flexibility index (Phi) is 2.64. The van der Waals surface area contributed by atoms with Crippen LogP contribution in [0.15, 0.2) is 24.4 Å². The Morgan fingerprint density at radius 2 is 2.20 bits per heavy atom. The molecule has 0 bridgehead atoms. The average Bonchev–Trinajstić information content (AvgIpc) is 2.53. The van der Waals surface area contributed by atoms with Gasteiger partial charge in [0.2, 0.25) is 0 Å². The quantitative estimate of drug-likeness (QED) is 0.802. The molecule has 0 aliphatic heterocycles. The Morgan fingerprint density at radius 3 is 2.93 bits per heavy atom. The molecule has 3 nitrogen and oxygen atoms in total. The second-order valence-corrected chi connectivity index (χ2v) is 3.75. The van der Waals surface area contributed by atoms with Crippen molar-refractivity contribution in [2.45, 2.75) is 13.5 Å². The van der Waals surface area contributed by atoms with E-state index >= 15 is 0 Å². The number of nitrogens with zero attached hydrogens (tertiary/aromatic N) is 1. The van der Waals surface area contributed by atoms with Gasteiger partial charge in [-0.05, 0) is 24.2 Å². The lowest BCUT2D eigenvalue weighted by Crippen LogP contribution is -2.11. The Hall–Kier alpha value is -1.48. The van der Waals surface area contributed by atoms with Crippen LogP contribution < -0.4 is 5.32 Å². The van der Waals surface area contributed by atoms with Crippen molar-refractivity contribution in [2.75, 3.05) is 6.54 Å². The lowest BCUT2D eigenvalue weighted by Gasteiger charge is -1.99. The Morgan fingerprint density at radius 1 is 1.40 bits per heavy atom. The van der Waals surface area contributed by atoms with Crippen LogP contribution in [0.4, 0.5) is 0 Å². The van der Waals surface area contributed by atoms with Crippen molar-refractivity contribution in [1.82, 2.24) is 9.88 Å². The topological polar surface area (TPSA) is 37.2 Å². The number of aromatic hydroxyl groups is 1. The van der Waals surface area contributed by atoms with E-state index in [1.54, 1.807) is 12.1 Å². The maximum atomic E-state index is 9.41. The Bertz CT molecular complexity index is 474. The standard InChI is InChI=1S/C12H16N2O/c1-3-13-7-9-8-14(2)12-6-10(15)4-5-11(9)12/h4-6,8,13,15H,3,7H2,1-2H3. The van der Waals surface area contributed by atoms with Crippen molar-refractivity contribution in [2.24, 2.45) is 7.05 Å². The summed E-state index contributed by atoms with van der Waals surface area (Å²) in [4.78, 5) is 0. The Balaban J connectivity index is 2.48. The molecule has 1 aromatic heterocycles. The minimum atomic E-state index is 0.318. The summed E-state index contributed by atoms with van der Waals surface area (Å²) in [6.45, 7) is 3.93. The van der Waals surface area contributed by atoms with E-state index in [2.05, 4.69) is 18.4 Å². The summed E-state index contributed by atoms with van der Waals surface area (Å²) in [5.74, 6) is 0.318. The van der Waals surface area contributed by atoms with E-state index in [9.17, 15) is 5.11 Å². The SMILES string of the molecule is CCNCc1cn(C)c2cc(O)ccc12. The molecule has 1 heterocycles. The fraction of sp³-hybridized carbons (Fsp3) is 0.333. The highest BCUT2D eigenvalue weighted by atomic mass is 16.3. The highest BCUT2D eigenvalue weighted by Gasteiger charge is 2.06. The van der Waals surface area contributed by atoms with Gasteiger partial charge in [-0.15, -0.1) is 0 Å². The average molecular weight is 204 g/mol. The third-order valence-electron chi connectivity index (χ3n) is 2.62. The van der Waals surface area contributed by atoms with Crippen molar-refractivity contribution in [3.63, 3.8) is 0 Å². The first-order valence-corrected chi connectivity index (χ1v) is 5.20. The smallest absolute Gasteiger partial charge is 0.117 e. The molecular formula is C12H16N2O. The van der Waals surface area contributed by atoms with E-state index in [0.29, 0.717) is 5.75 Å². The molecule has 0 radical (unpaired) electrons. The third-order valence-corrected chi connectivity index (χ3v) is 2.62. The largest absolute Gasteiger partial charge is 0.508 e. The lowest BCUT2D eigenvalue weighted by atomic mass is 10.1. The molecule has 15 heavy (non-hydrogen) atoms. The summed E-state index contributed by atoms with van der Waals surface area (Å²) in [6, 6.07) is 5.50. The van der Waals surface area contributed by atoms with Crippen LogP contribution in [0.3, 0.4) is 0 Å². The van der Waals surface area contributed by atoms with E-state index in [1.165, 1.54) is 10.9 Å². The Labute approximate surface area is 89.3 Å². The number of phenolic OH excluding ortho intramolecular Hbond substituents is 1. The highest BCUT2D eigenvalue weighted by Crippen LogP contribution is 2.24. The van der Waals surface area contributed by atoms with E-state index in [-0.39, 0.29) is 0 Å². The molecule has 0 aliphatic carbocycles. The van der Waals surface area contributed by atoms with Gasteiger partial charge in [-0.1, -0.05) is 6.92 Å². The number of rotatable bonds is 3. The van der Waals surface area contributed by atoms with Crippen molar-refractivity contribution in [1.29, 1.82) is 0 Å². The molecule has 80 valence electrons. The normalized spacial score (nSPS) is 11.1. The van der Waals surface area contributed by atoms with Crippen LogP contribution in [0, 0.1) is 0 Å². The van der Waals surface area contributed by atoms with Crippen LogP contribution in [0.5, 0.6) is 5.75 Å². The second kappa shape index (κ2) is 3.95. The monoisotopic (exact) mass is 204 g/mol. The maximum absolute atomic E-state index is 9.41. The highest BCUT2D eigenvalue weighted by molar-refractivity contribution is 5.85. The van der Waals surface area contributed by atoms with E-state index < -0.39 is 0 Å². The van der Waals surface area contributed by atoms with Gasteiger partial charge in [0, 0.05) is 31.2 Å². The van der Waals surface area contributed by atoms with Crippen LogP contribution in [0.1, 0.15) is 12.5 Å². The zero-order valence-electron chi connectivity index (χ0n) is 9.12. The minimum absolute atomic E-state index is 0.318. The molecule has 0 spiro atoms. The summed E-state index contributed by atoms with van der Waals surface area (Å²) >= 11 is 0. The number of nitrogens with one attached hydrogen (secondary N) is 1. The first-order valence-electron chi connectivity index (χ1n) is 5.20. The van der Waals surface area contributed by atoms with E-state index in [0.717, 1.165) is 18.6 Å². The summed E-state index contributed by atoms with van der Waals surface area (Å²) in [6.07, 6.45) is 2.10. The van der Waals surface area contributed by atoms with Gasteiger partial charge < -0.3 is 15.0 Å². The first-order chi connectivity index (χ1) is 7.22. The molecule has 0 unspecified atom stereocenters. The van der Waals surface area contributed by atoms with E-state index in [4.69, 9.17) is 0 Å². The van der Waals surface area contributed by atoms with Crippen LogP contribution >= 0.6 is 0 Å². The number of fused-ring (bicyclic) bond motifs is 1. The molecule has 2 rings (SSSR count). The fourth-order valence-corrected chi connectivity index (χ4v) is 1.86. The molecular weight excluding hydrogens is 188 g/mol. The number of benzene rings is 1. The van der Waals surface area contributed by atoms with Crippen LogP contribution in [0.25, 0.3) is 10.9 Å². The van der Waals surface area contributed by atoms with Gasteiger partial charge in [0.15, 0.2) is 0 Å². The molecule has 2 aromatic rings. The fourth-order valence-electron chi connectivity index (χ4n) is 1.86. The number of hydrogen-bond donors (Lipinski definition) is 2. The number of aryl methyl sites for hydroxylation is 1. The molecule has 0 saturated carbocycles. The van der Waals surface area contributed by atoms with Crippen molar-refractivity contribution >= 4 is 10.9 Å². The third kappa shape index (κ3) is 1.83. The summed E-state index contributed by atoms with van der Waals surface area (Å²) < 4.78 is 2.04. The van der Waals surface area contributed by atoms with E-state index in [1.807, 2.05) is 17.7 Å². The summed E-state index contributed by atoms with van der Waals surface area (Å²) in [5.41, 5.74) is 2.34. The number of aromatic nitrogens is 1. The van der Waals surface area contributed by atoms with Gasteiger partial charge in [-0.25, -0.2) is 0 Å². The molecule has 2 N–H and O–H groups in total. The molecule has 0 saturated heterocycles. The van der Waals surface area contributed by atoms with Gasteiger partial charge in [0.05, 0.1) is 5.52 Å². The van der Waals surface area contributed by atoms with Crippen molar-refractivity contribution in [3.05, 3.63) is 30.0 Å². The van der Waals surface area contributed by atoms with Crippen LogP contribution in [-0.4, -0.2) is 16.2 Å². The van der Waals surface area contributed by atoms with Gasteiger partial charge in [0.25, 0.3) is 0 Å². The molecule has 1 aromatic carbocycles. The second-order valence-electron chi connectivity index (χ2n) is 3.75. The number of hydrogen-bond acceptors (Lipinski definition) is 2. The summed E-state index contributed by atoms with van der Waals surface area (Å²) in [7, 11) is 2.00. The molecule has 0 fully saturated rings. The minimum Gasteiger partial charge on any atom is -0.508 e. The molecule has 0 amide bonds. The summed E-state index contributed by atoms with van der Waals surface area (Å²) in [5, 5.41) is 13.9. The van der Waals surface area contributed by atoms with Gasteiger partial charge >= 0.3 is 0 Å². The van der Waals surface area contributed by atoms with Crippen molar-refractivity contribution in [3.8, 4) is 5.75 Å². The molecule has 0 atom stereocenters. The zero-order chi connectivity index (χ0) is 10.8. The van der Waals surface area contributed by atoms with Gasteiger partial charge in [-0.2, -0.15) is 0 Å². The first kappa shape index (κ1) is 10.1. The predicted molar refractivity (Wildman–Crippen MR) is 62.0 cm³/mol. The van der Waals surface area contributed by atoms with Crippen LogP contribution in [-0.2, 0) is 13.6 Å². The molecule has 3 heteroatoms. The lowest BCUT2D eigenvalue weighted by molar-refractivity contribution is 0.476. The zero-order valence-corrected chi connectivity index (χ0v) is 9.12. The van der Waals surface area contributed by atoms with Crippen LogP contribution in [0.2, 0.25) is 0 Å². The maximum Gasteiger partial charge on any atom is 0.117 e.